The molecule has 1 saturated heterocycles. The highest BCUT2D eigenvalue weighted by Crippen LogP contribution is 2.20. The Morgan fingerprint density at radius 2 is 2.00 bits per heavy atom. The lowest BCUT2D eigenvalue weighted by Gasteiger charge is -2.25. The van der Waals surface area contributed by atoms with E-state index in [-0.39, 0.29) is 18.0 Å². The second-order valence-electron chi connectivity index (χ2n) is 7.49. The summed E-state index contributed by atoms with van der Waals surface area (Å²) in [5.74, 6) is -0.0822. The summed E-state index contributed by atoms with van der Waals surface area (Å²) in [5.41, 5.74) is 3.18. The van der Waals surface area contributed by atoms with E-state index in [9.17, 15) is 9.59 Å². The summed E-state index contributed by atoms with van der Waals surface area (Å²) in [6.45, 7) is 3.18. The zero-order valence-corrected chi connectivity index (χ0v) is 17.0. The third-order valence-electron chi connectivity index (χ3n) is 5.33. The molecular weight excluding hydrogens is 388 g/mol. The first-order chi connectivity index (χ1) is 14.0. The Balaban J connectivity index is 1.66. The Morgan fingerprint density at radius 1 is 1.21 bits per heavy atom. The minimum Gasteiger partial charge on any atom is -0.368 e. The molecule has 6 heteroatoms. The number of para-hydroxylation sites is 1. The molecule has 0 saturated carbocycles. The molecule has 0 radical (unpaired) electrons. The van der Waals surface area contributed by atoms with Crippen LogP contribution in [0.25, 0.3) is 10.9 Å². The van der Waals surface area contributed by atoms with E-state index >= 15 is 0 Å². The molecule has 5 nitrogen and oxygen atoms in total. The topological polar surface area (TPSA) is 62.4 Å². The Labute approximate surface area is 174 Å². The van der Waals surface area contributed by atoms with Crippen molar-refractivity contribution in [1.82, 2.24) is 9.88 Å². The number of halogens is 1. The number of amides is 1. The van der Waals surface area contributed by atoms with Crippen molar-refractivity contribution >= 4 is 28.4 Å². The molecular formula is C23H23ClN2O3. The van der Waals surface area contributed by atoms with E-state index in [1.807, 2.05) is 43.3 Å². The van der Waals surface area contributed by atoms with Crippen LogP contribution in [0.5, 0.6) is 0 Å². The van der Waals surface area contributed by atoms with Crippen molar-refractivity contribution in [2.24, 2.45) is 0 Å². The van der Waals surface area contributed by atoms with Crippen LogP contribution >= 0.6 is 11.6 Å². The molecule has 1 aromatic heterocycles. The third kappa shape index (κ3) is 4.36. The number of rotatable bonds is 5. The van der Waals surface area contributed by atoms with Crippen LogP contribution < -0.4 is 5.56 Å². The minimum absolute atomic E-state index is 0.0822. The Kier molecular flexibility index (Phi) is 5.69. The first-order valence-corrected chi connectivity index (χ1v) is 10.2. The number of carbonyl (C=O) groups excluding carboxylic acids is 1. The monoisotopic (exact) mass is 410 g/mol. The van der Waals surface area contributed by atoms with Crippen LogP contribution in [0.3, 0.4) is 0 Å². The van der Waals surface area contributed by atoms with Crippen molar-refractivity contribution in [1.29, 1.82) is 0 Å². The summed E-state index contributed by atoms with van der Waals surface area (Å²) in [4.78, 5) is 30.5. The molecule has 4 rings (SSSR count). The van der Waals surface area contributed by atoms with Gasteiger partial charge in [-0.05, 0) is 54.5 Å². The molecule has 2 heterocycles. The quantitative estimate of drug-likeness (QED) is 0.685. The largest absolute Gasteiger partial charge is 0.368 e. The summed E-state index contributed by atoms with van der Waals surface area (Å²) < 4.78 is 5.61. The fourth-order valence-corrected chi connectivity index (χ4v) is 3.88. The fourth-order valence-electron chi connectivity index (χ4n) is 3.75. The van der Waals surface area contributed by atoms with E-state index in [1.165, 1.54) is 0 Å². The summed E-state index contributed by atoms with van der Waals surface area (Å²) in [7, 11) is 0. The maximum Gasteiger partial charge on any atom is 0.253 e. The van der Waals surface area contributed by atoms with Gasteiger partial charge in [-0.3, -0.25) is 9.59 Å². The number of aromatic amines is 1. The van der Waals surface area contributed by atoms with Crippen LogP contribution in [0.4, 0.5) is 0 Å². The van der Waals surface area contributed by atoms with Gasteiger partial charge in [-0.2, -0.15) is 0 Å². The Bertz CT molecular complexity index is 1090. The van der Waals surface area contributed by atoms with E-state index < -0.39 is 6.10 Å². The molecule has 1 amide bonds. The number of hydrogen-bond acceptors (Lipinski definition) is 3. The zero-order valence-electron chi connectivity index (χ0n) is 16.3. The van der Waals surface area contributed by atoms with Crippen LogP contribution in [-0.4, -0.2) is 28.5 Å². The number of nitrogens with zero attached hydrogens (tertiary/aromatic N) is 1. The predicted octanol–water partition coefficient (Wildman–Crippen LogP) is 4.20. The molecule has 0 aliphatic carbocycles. The Hall–Kier alpha value is -2.63. The van der Waals surface area contributed by atoms with Crippen molar-refractivity contribution in [3.05, 3.63) is 80.6 Å². The van der Waals surface area contributed by atoms with E-state index in [4.69, 9.17) is 16.3 Å². The van der Waals surface area contributed by atoms with Crippen LogP contribution in [-0.2, 0) is 22.6 Å². The van der Waals surface area contributed by atoms with Gasteiger partial charge in [-0.25, -0.2) is 0 Å². The summed E-state index contributed by atoms with van der Waals surface area (Å²) >= 11 is 5.99. The second kappa shape index (κ2) is 8.39. The normalized spacial score (nSPS) is 16.3. The maximum absolute atomic E-state index is 13.1. The number of ether oxygens (including phenoxy) is 1. The van der Waals surface area contributed by atoms with Gasteiger partial charge in [0.1, 0.15) is 6.10 Å². The first-order valence-electron chi connectivity index (χ1n) is 9.77. The van der Waals surface area contributed by atoms with E-state index in [0.717, 1.165) is 28.5 Å². The summed E-state index contributed by atoms with van der Waals surface area (Å²) in [6.07, 6.45) is 1.15. The average molecular weight is 411 g/mol. The van der Waals surface area contributed by atoms with Gasteiger partial charge in [0.25, 0.3) is 11.5 Å². The van der Waals surface area contributed by atoms with E-state index in [2.05, 4.69) is 4.98 Å². The number of benzene rings is 2. The van der Waals surface area contributed by atoms with Crippen molar-refractivity contribution in [2.45, 2.75) is 39.0 Å². The van der Waals surface area contributed by atoms with Crippen LogP contribution in [0.1, 0.15) is 29.5 Å². The number of fused-ring (bicyclic) bond motifs is 1. The SMILES string of the molecule is Cc1cccc2cc(CN(Cc3ccc(Cl)cc3)C(=O)C3CCCO3)c(=O)[nH]c12. The lowest BCUT2D eigenvalue weighted by atomic mass is 10.1. The summed E-state index contributed by atoms with van der Waals surface area (Å²) in [6, 6.07) is 15.2. The zero-order chi connectivity index (χ0) is 20.4. The molecule has 29 heavy (non-hydrogen) atoms. The molecule has 2 aromatic carbocycles. The van der Waals surface area contributed by atoms with Crippen molar-refractivity contribution in [3.8, 4) is 0 Å². The van der Waals surface area contributed by atoms with Crippen LogP contribution in [0.2, 0.25) is 5.02 Å². The van der Waals surface area contributed by atoms with Gasteiger partial charge < -0.3 is 14.6 Å². The number of hydrogen-bond donors (Lipinski definition) is 1. The molecule has 1 aliphatic heterocycles. The number of aryl methyl sites for hydroxylation is 1. The van der Waals surface area contributed by atoms with Gasteiger partial charge in [0.15, 0.2) is 0 Å². The molecule has 1 fully saturated rings. The van der Waals surface area contributed by atoms with Gasteiger partial charge in [0.05, 0.1) is 12.1 Å². The van der Waals surface area contributed by atoms with Gasteiger partial charge in [-0.1, -0.05) is 41.9 Å². The van der Waals surface area contributed by atoms with Gasteiger partial charge in [-0.15, -0.1) is 0 Å². The van der Waals surface area contributed by atoms with Crippen molar-refractivity contribution < 1.29 is 9.53 Å². The molecule has 0 spiro atoms. The Morgan fingerprint density at radius 3 is 2.72 bits per heavy atom. The van der Waals surface area contributed by atoms with Crippen LogP contribution in [0.15, 0.2) is 53.3 Å². The molecule has 1 aliphatic rings. The number of aromatic nitrogens is 1. The number of H-pyrrole nitrogens is 1. The first kappa shape index (κ1) is 19.7. The summed E-state index contributed by atoms with van der Waals surface area (Å²) in [5, 5.41) is 1.60. The third-order valence-corrected chi connectivity index (χ3v) is 5.58. The van der Waals surface area contributed by atoms with Crippen LogP contribution in [0, 0.1) is 6.92 Å². The van der Waals surface area contributed by atoms with Crippen molar-refractivity contribution in [2.75, 3.05) is 6.61 Å². The highest BCUT2D eigenvalue weighted by molar-refractivity contribution is 6.30. The van der Waals surface area contributed by atoms with E-state index in [1.54, 1.807) is 17.0 Å². The molecule has 150 valence electrons. The molecule has 1 N–H and O–H groups in total. The molecule has 1 unspecified atom stereocenters. The molecule has 3 aromatic rings. The number of carbonyl (C=O) groups is 1. The fraction of sp³-hybridized carbons (Fsp3) is 0.304. The van der Waals surface area contributed by atoms with Crippen molar-refractivity contribution in [3.63, 3.8) is 0 Å². The standard InChI is InChI=1S/C23H23ClN2O3/c1-15-4-2-5-17-12-18(22(27)25-21(15)17)14-26(23(28)20-6-3-11-29-20)13-16-7-9-19(24)10-8-16/h2,4-5,7-10,12,20H,3,6,11,13-14H2,1H3,(H,25,27). The minimum atomic E-state index is -0.441. The maximum atomic E-state index is 13.1. The average Bonchev–Trinajstić information content (AvgIpc) is 3.25. The number of nitrogens with one attached hydrogen (secondary N) is 1. The molecule has 0 bridgehead atoms. The van der Waals surface area contributed by atoms with E-state index in [0.29, 0.717) is 30.2 Å². The highest BCUT2D eigenvalue weighted by atomic mass is 35.5. The lowest BCUT2D eigenvalue weighted by molar-refractivity contribution is -0.142. The van der Waals surface area contributed by atoms with Gasteiger partial charge in [0.2, 0.25) is 0 Å². The number of pyridine rings is 1. The second-order valence-corrected chi connectivity index (χ2v) is 7.92. The van der Waals surface area contributed by atoms with Gasteiger partial charge in [0, 0.05) is 23.7 Å². The smallest absolute Gasteiger partial charge is 0.253 e. The molecule has 1 atom stereocenters. The lowest BCUT2D eigenvalue weighted by Crippen LogP contribution is -2.39. The van der Waals surface area contributed by atoms with Gasteiger partial charge >= 0.3 is 0 Å². The highest BCUT2D eigenvalue weighted by Gasteiger charge is 2.29. The predicted molar refractivity (Wildman–Crippen MR) is 114 cm³/mol.